The van der Waals surface area contributed by atoms with Crippen LogP contribution in [0.3, 0.4) is 0 Å². The van der Waals surface area contributed by atoms with Crippen LogP contribution in [-0.2, 0) is 4.74 Å². The fraction of sp³-hybridized carbons (Fsp3) is 0.500. The molecule has 0 aliphatic carbocycles. The number of hydrogen-bond donors (Lipinski definition) is 1. The third-order valence-corrected chi connectivity index (χ3v) is 2.86. The van der Waals surface area contributed by atoms with Crippen LogP contribution in [0.25, 0.3) is 0 Å². The van der Waals surface area contributed by atoms with Gasteiger partial charge in [0.1, 0.15) is 5.69 Å². The molecule has 0 atom stereocenters. The number of methoxy groups -OCH3 is 1. The molecule has 0 saturated carbocycles. The zero-order chi connectivity index (χ0) is 15.0. The van der Waals surface area contributed by atoms with E-state index in [4.69, 9.17) is 9.84 Å². The maximum atomic E-state index is 12.3. The van der Waals surface area contributed by atoms with E-state index in [0.717, 1.165) is 12.8 Å². The maximum absolute atomic E-state index is 12.3. The van der Waals surface area contributed by atoms with Crippen LogP contribution in [0.5, 0.6) is 0 Å². The molecule has 0 radical (unpaired) electrons. The fourth-order valence-electron chi connectivity index (χ4n) is 1.69. The molecule has 0 aromatic carbocycles. The molecule has 0 bridgehead atoms. The third-order valence-electron chi connectivity index (χ3n) is 2.86. The molecule has 6 heteroatoms. The maximum Gasteiger partial charge on any atom is 0.354 e. The van der Waals surface area contributed by atoms with Crippen molar-refractivity contribution in [1.29, 1.82) is 0 Å². The highest BCUT2D eigenvalue weighted by atomic mass is 16.5. The molecule has 1 aromatic heterocycles. The molecule has 0 saturated heterocycles. The summed E-state index contributed by atoms with van der Waals surface area (Å²) in [5, 5.41) is 8.78. The molecule has 0 unspecified atom stereocenters. The highest BCUT2D eigenvalue weighted by molar-refractivity contribution is 5.94. The van der Waals surface area contributed by atoms with Crippen molar-refractivity contribution in [3.8, 4) is 0 Å². The minimum atomic E-state index is -1.11. The molecule has 1 amide bonds. The summed E-state index contributed by atoms with van der Waals surface area (Å²) >= 11 is 0. The molecule has 0 aliphatic rings. The Balaban J connectivity index is 2.78. The summed E-state index contributed by atoms with van der Waals surface area (Å²) in [7, 11) is 1.59. The Morgan fingerprint density at radius 2 is 2.10 bits per heavy atom. The summed E-state index contributed by atoms with van der Waals surface area (Å²) in [5.74, 6) is -1.26. The molecule has 0 aliphatic heterocycles. The average molecular weight is 280 g/mol. The van der Waals surface area contributed by atoms with E-state index >= 15 is 0 Å². The summed E-state index contributed by atoms with van der Waals surface area (Å²) in [6, 6.07) is 2.83. The Labute approximate surface area is 118 Å². The smallest absolute Gasteiger partial charge is 0.354 e. The number of nitrogens with zero attached hydrogens (tertiary/aromatic N) is 2. The molecule has 1 aromatic rings. The monoisotopic (exact) mass is 280 g/mol. The van der Waals surface area contributed by atoms with E-state index in [-0.39, 0.29) is 11.6 Å². The van der Waals surface area contributed by atoms with Gasteiger partial charge < -0.3 is 14.7 Å². The largest absolute Gasteiger partial charge is 0.477 e. The predicted octanol–water partition coefficient (Wildman–Crippen LogP) is 1.67. The lowest BCUT2D eigenvalue weighted by molar-refractivity contribution is 0.0677. The zero-order valence-electron chi connectivity index (χ0n) is 11.8. The van der Waals surface area contributed by atoms with Gasteiger partial charge in [0.15, 0.2) is 0 Å². The minimum Gasteiger partial charge on any atom is -0.477 e. The van der Waals surface area contributed by atoms with Crippen LogP contribution in [0, 0.1) is 0 Å². The van der Waals surface area contributed by atoms with Gasteiger partial charge in [0.2, 0.25) is 0 Å². The van der Waals surface area contributed by atoms with Crippen molar-refractivity contribution < 1.29 is 19.4 Å². The van der Waals surface area contributed by atoms with Crippen molar-refractivity contribution in [2.24, 2.45) is 0 Å². The lowest BCUT2D eigenvalue weighted by atomic mass is 10.2. The Bertz CT molecular complexity index is 437. The number of carboxylic acid groups (broad SMARTS) is 1. The van der Waals surface area contributed by atoms with E-state index < -0.39 is 5.97 Å². The van der Waals surface area contributed by atoms with Crippen LogP contribution in [0.2, 0.25) is 0 Å². The molecule has 1 rings (SSSR count). The first-order chi connectivity index (χ1) is 9.60. The molecule has 0 fully saturated rings. The Kier molecular flexibility index (Phi) is 6.66. The number of aromatic carboxylic acids is 1. The SMILES string of the molecule is CCCCN(CCOC)C(=O)c1ccc(C(=O)O)nc1. The van der Waals surface area contributed by atoms with Crippen molar-refractivity contribution in [2.45, 2.75) is 19.8 Å². The first-order valence-corrected chi connectivity index (χ1v) is 6.57. The summed E-state index contributed by atoms with van der Waals surface area (Å²) in [6.07, 6.45) is 3.21. The zero-order valence-corrected chi connectivity index (χ0v) is 11.8. The highest BCUT2D eigenvalue weighted by Crippen LogP contribution is 2.07. The number of hydrogen-bond acceptors (Lipinski definition) is 4. The van der Waals surface area contributed by atoms with Crippen molar-refractivity contribution in [1.82, 2.24) is 9.88 Å². The number of rotatable bonds is 8. The van der Waals surface area contributed by atoms with E-state index in [1.165, 1.54) is 18.3 Å². The third kappa shape index (κ3) is 4.62. The molecular formula is C14H20N2O4. The Morgan fingerprint density at radius 1 is 1.35 bits per heavy atom. The summed E-state index contributed by atoms with van der Waals surface area (Å²) < 4.78 is 5.00. The predicted molar refractivity (Wildman–Crippen MR) is 73.9 cm³/mol. The minimum absolute atomic E-state index is 0.0708. The number of carboxylic acids is 1. The van der Waals surface area contributed by atoms with Gasteiger partial charge in [-0.1, -0.05) is 13.3 Å². The van der Waals surface area contributed by atoms with Crippen molar-refractivity contribution in [2.75, 3.05) is 26.8 Å². The van der Waals surface area contributed by atoms with Crippen LogP contribution < -0.4 is 0 Å². The number of ether oxygens (including phenoxy) is 1. The highest BCUT2D eigenvalue weighted by Gasteiger charge is 2.16. The number of carbonyl (C=O) groups excluding carboxylic acids is 1. The quantitative estimate of drug-likeness (QED) is 0.783. The summed E-state index contributed by atoms with van der Waals surface area (Å²) in [4.78, 5) is 28.5. The molecule has 110 valence electrons. The molecule has 1 N–H and O–H groups in total. The number of aromatic nitrogens is 1. The molecule has 20 heavy (non-hydrogen) atoms. The van der Waals surface area contributed by atoms with Gasteiger partial charge in [-0.15, -0.1) is 0 Å². The van der Waals surface area contributed by atoms with E-state index in [1.807, 2.05) is 0 Å². The number of amides is 1. The first-order valence-electron chi connectivity index (χ1n) is 6.57. The molecular weight excluding hydrogens is 260 g/mol. The van der Waals surface area contributed by atoms with Crippen LogP contribution >= 0.6 is 0 Å². The normalized spacial score (nSPS) is 10.3. The van der Waals surface area contributed by atoms with Gasteiger partial charge in [-0.05, 0) is 18.6 Å². The lowest BCUT2D eigenvalue weighted by Gasteiger charge is -2.22. The van der Waals surface area contributed by atoms with Gasteiger partial charge in [0.05, 0.1) is 12.2 Å². The second-order valence-electron chi connectivity index (χ2n) is 4.38. The number of pyridine rings is 1. The van der Waals surface area contributed by atoms with Crippen LogP contribution in [0.15, 0.2) is 18.3 Å². The van der Waals surface area contributed by atoms with E-state index in [2.05, 4.69) is 11.9 Å². The molecule has 0 spiro atoms. The van der Waals surface area contributed by atoms with Gasteiger partial charge >= 0.3 is 5.97 Å². The molecule has 1 heterocycles. The standard InChI is InChI=1S/C14H20N2O4/c1-3-4-7-16(8-9-20-2)13(17)11-5-6-12(14(18)19)15-10-11/h5-6,10H,3-4,7-9H2,1-2H3,(H,18,19). The van der Waals surface area contributed by atoms with Crippen LogP contribution in [0.1, 0.15) is 40.6 Å². The Hall–Kier alpha value is -1.95. The lowest BCUT2D eigenvalue weighted by Crippen LogP contribution is -2.34. The average Bonchev–Trinajstić information content (AvgIpc) is 2.47. The summed E-state index contributed by atoms with van der Waals surface area (Å²) in [5.41, 5.74) is 0.320. The van der Waals surface area contributed by atoms with Gasteiger partial charge in [-0.2, -0.15) is 0 Å². The van der Waals surface area contributed by atoms with Crippen molar-refractivity contribution in [3.63, 3.8) is 0 Å². The summed E-state index contributed by atoms with van der Waals surface area (Å²) in [6.45, 7) is 3.69. The molecule has 6 nitrogen and oxygen atoms in total. The number of unbranched alkanes of at least 4 members (excludes halogenated alkanes) is 1. The number of carbonyl (C=O) groups is 2. The second kappa shape index (κ2) is 8.27. The van der Waals surface area contributed by atoms with Crippen LogP contribution in [-0.4, -0.2) is 53.7 Å². The first kappa shape index (κ1) is 16.1. The van der Waals surface area contributed by atoms with Crippen molar-refractivity contribution >= 4 is 11.9 Å². The van der Waals surface area contributed by atoms with E-state index in [1.54, 1.807) is 12.0 Å². The van der Waals surface area contributed by atoms with E-state index in [0.29, 0.717) is 25.3 Å². The van der Waals surface area contributed by atoms with Gasteiger partial charge in [0.25, 0.3) is 5.91 Å². The van der Waals surface area contributed by atoms with Gasteiger partial charge in [-0.3, -0.25) is 4.79 Å². The van der Waals surface area contributed by atoms with Crippen LogP contribution in [0.4, 0.5) is 0 Å². The fourth-order valence-corrected chi connectivity index (χ4v) is 1.69. The van der Waals surface area contributed by atoms with Gasteiger partial charge in [-0.25, -0.2) is 9.78 Å². The second-order valence-corrected chi connectivity index (χ2v) is 4.38. The van der Waals surface area contributed by atoms with Crippen molar-refractivity contribution in [3.05, 3.63) is 29.6 Å². The van der Waals surface area contributed by atoms with E-state index in [9.17, 15) is 9.59 Å². The topological polar surface area (TPSA) is 79.7 Å². The van der Waals surface area contributed by atoms with Gasteiger partial charge in [0, 0.05) is 26.4 Å². The Morgan fingerprint density at radius 3 is 2.60 bits per heavy atom.